The van der Waals surface area contributed by atoms with Gasteiger partial charge in [0.05, 0.1) is 7.11 Å². The third-order valence-electron chi connectivity index (χ3n) is 2.01. The van der Waals surface area contributed by atoms with Gasteiger partial charge in [0.1, 0.15) is 12.0 Å². The molecule has 1 aromatic carbocycles. The molecule has 0 atom stereocenters. The summed E-state index contributed by atoms with van der Waals surface area (Å²) >= 11 is 0. The van der Waals surface area contributed by atoms with Crippen molar-refractivity contribution in [2.75, 3.05) is 17.7 Å². The number of anilines is 2. The fourth-order valence-electron chi connectivity index (χ4n) is 1.26. The topological polar surface area (TPSA) is 76.4 Å². The van der Waals surface area contributed by atoms with Crippen LogP contribution in [-0.4, -0.2) is 18.3 Å². The molecule has 0 saturated heterocycles. The Morgan fingerprint density at radius 1 is 1.35 bits per heavy atom. The predicted octanol–water partition coefficient (Wildman–Crippen LogP) is 2.33. The van der Waals surface area contributed by atoms with Crippen molar-refractivity contribution in [3.63, 3.8) is 0 Å². The average molecular weight is 233 g/mol. The summed E-state index contributed by atoms with van der Waals surface area (Å²) in [5, 5.41) is 8.72. The Morgan fingerprint density at radius 2 is 2.24 bits per heavy atom. The minimum Gasteiger partial charge on any atom is -0.497 e. The first-order chi connectivity index (χ1) is 8.28. The molecule has 0 bridgehead atoms. The second-order valence-electron chi connectivity index (χ2n) is 3.20. The zero-order chi connectivity index (χ0) is 12.1. The highest BCUT2D eigenvalue weighted by Crippen LogP contribution is 2.16. The highest BCUT2D eigenvalue weighted by molar-refractivity contribution is 5.99. The van der Waals surface area contributed by atoms with E-state index in [-0.39, 0.29) is 0 Å². The second kappa shape index (κ2) is 5.02. The lowest BCUT2D eigenvalue weighted by Gasteiger charge is -2.06. The number of methoxy groups -OCH3 is 1. The maximum absolute atomic E-state index is 11.5. The highest BCUT2D eigenvalue weighted by atomic mass is 16.5. The van der Waals surface area contributed by atoms with Crippen LogP contribution in [0.25, 0.3) is 0 Å². The van der Waals surface area contributed by atoms with Crippen LogP contribution in [0, 0.1) is 0 Å². The Labute approximate surface area is 97.6 Å². The lowest BCUT2D eigenvalue weighted by atomic mass is 10.3. The molecule has 6 nitrogen and oxygen atoms in total. The maximum atomic E-state index is 11.5. The van der Waals surface area contributed by atoms with Gasteiger partial charge in [0, 0.05) is 17.8 Å². The van der Waals surface area contributed by atoms with Crippen LogP contribution >= 0.6 is 0 Å². The molecule has 0 fully saturated rings. The molecule has 0 aliphatic heterocycles. The summed E-state index contributed by atoms with van der Waals surface area (Å²) in [5.41, 5.74) is 0.630. The van der Waals surface area contributed by atoms with E-state index in [4.69, 9.17) is 4.74 Å². The van der Waals surface area contributed by atoms with E-state index < -0.39 is 6.03 Å². The van der Waals surface area contributed by atoms with Gasteiger partial charge in [-0.3, -0.25) is 5.32 Å². The van der Waals surface area contributed by atoms with E-state index in [1.807, 2.05) is 0 Å². The number of nitrogens with one attached hydrogen (secondary N) is 2. The minimum absolute atomic E-state index is 0.352. The van der Waals surface area contributed by atoms with Crippen molar-refractivity contribution in [2.24, 2.45) is 0 Å². The smallest absolute Gasteiger partial charge is 0.324 e. The van der Waals surface area contributed by atoms with Gasteiger partial charge in [-0.25, -0.2) is 4.79 Å². The fraction of sp³-hybridized carbons (Fsp3) is 0.0909. The summed E-state index contributed by atoms with van der Waals surface area (Å²) in [4.78, 5) is 11.5. The van der Waals surface area contributed by atoms with E-state index >= 15 is 0 Å². The van der Waals surface area contributed by atoms with Crippen molar-refractivity contribution in [3.05, 3.63) is 36.6 Å². The van der Waals surface area contributed by atoms with Crippen molar-refractivity contribution >= 4 is 17.5 Å². The van der Waals surface area contributed by atoms with Crippen LogP contribution in [0.15, 0.2) is 41.1 Å². The Hall–Kier alpha value is -2.50. The van der Waals surface area contributed by atoms with Crippen molar-refractivity contribution in [1.82, 2.24) is 5.16 Å². The molecule has 1 heterocycles. The first-order valence-electron chi connectivity index (χ1n) is 4.90. The number of ether oxygens (including phenoxy) is 1. The molecule has 0 unspecified atom stereocenters. The minimum atomic E-state index is -0.396. The molecule has 0 aliphatic rings. The Kier molecular flexibility index (Phi) is 3.25. The lowest BCUT2D eigenvalue weighted by Crippen LogP contribution is -2.19. The molecular formula is C11H11N3O3. The summed E-state index contributed by atoms with van der Waals surface area (Å²) in [6, 6.07) is 8.19. The lowest BCUT2D eigenvalue weighted by molar-refractivity contribution is 0.262. The third kappa shape index (κ3) is 2.97. The zero-order valence-electron chi connectivity index (χ0n) is 9.14. The monoisotopic (exact) mass is 233 g/mol. The van der Waals surface area contributed by atoms with Gasteiger partial charge in [0.2, 0.25) is 0 Å². The average Bonchev–Trinajstić information content (AvgIpc) is 2.82. The largest absolute Gasteiger partial charge is 0.497 e. The molecule has 2 amide bonds. The first kappa shape index (κ1) is 11.0. The number of hydrogen-bond acceptors (Lipinski definition) is 4. The van der Waals surface area contributed by atoms with Gasteiger partial charge in [0.15, 0.2) is 5.82 Å². The molecule has 17 heavy (non-hydrogen) atoms. The number of carbonyl (C=O) groups is 1. The summed E-state index contributed by atoms with van der Waals surface area (Å²) in [6.45, 7) is 0. The number of amides is 2. The number of nitrogens with zero attached hydrogens (tertiary/aromatic N) is 1. The summed E-state index contributed by atoms with van der Waals surface area (Å²) in [7, 11) is 1.56. The first-order valence-corrected chi connectivity index (χ1v) is 4.90. The Morgan fingerprint density at radius 3 is 2.94 bits per heavy atom. The van der Waals surface area contributed by atoms with Gasteiger partial charge >= 0.3 is 6.03 Å². The van der Waals surface area contributed by atoms with Crippen LogP contribution in [0.2, 0.25) is 0 Å². The third-order valence-corrected chi connectivity index (χ3v) is 2.01. The predicted molar refractivity (Wildman–Crippen MR) is 62.1 cm³/mol. The molecule has 0 radical (unpaired) electrons. The van der Waals surface area contributed by atoms with Crippen LogP contribution in [0.5, 0.6) is 5.75 Å². The van der Waals surface area contributed by atoms with Crippen molar-refractivity contribution < 1.29 is 14.1 Å². The maximum Gasteiger partial charge on any atom is 0.324 e. The number of benzene rings is 1. The quantitative estimate of drug-likeness (QED) is 0.852. The molecule has 2 N–H and O–H groups in total. The number of aromatic nitrogens is 1. The molecular weight excluding hydrogens is 222 g/mol. The summed E-state index contributed by atoms with van der Waals surface area (Å²) in [5.74, 6) is 1.02. The van der Waals surface area contributed by atoms with E-state index in [0.29, 0.717) is 17.3 Å². The molecule has 2 rings (SSSR count). The molecule has 88 valence electrons. The van der Waals surface area contributed by atoms with E-state index in [9.17, 15) is 4.79 Å². The Bertz CT molecular complexity index is 496. The molecule has 0 spiro atoms. The van der Waals surface area contributed by atoms with Crippen LogP contribution in [0.4, 0.5) is 16.3 Å². The molecule has 0 saturated carbocycles. The van der Waals surface area contributed by atoms with E-state index in [1.165, 1.54) is 6.26 Å². The highest BCUT2D eigenvalue weighted by Gasteiger charge is 2.04. The van der Waals surface area contributed by atoms with Gasteiger partial charge < -0.3 is 14.6 Å². The summed E-state index contributed by atoms with van der Waals surface area (Å²) < 4.78 is 9.63. The molecule has 1 aromatic heterocycles. The van der Waals surface area contributed by atoms with Gasteiger partial charge in [0.25, 0.3) is 0 Å². The zero-order valence-corrected chi connectivity index (χ0v) is 9.14. The van der Waals surface area contributed by atoms with Crippen molar-refractivity contribution in [1.29, 1.82) is 0 Å². The van der Waals surface area contributed by atoms with Crippen molar-refractivity contribution in [2.45, 2.75) is 0 Å². The van der Waals surface area contributed by atoms with E-state index in [2.05, 4.69) is 20.3 Å². The molecule has 2 aromatic rings. The van der Waals surface area contributed by atoms with Gasteiger partial charge in [-0.2, -0.15) is 0 Å². The van der Waals surface area contributed by atoms with Crippen LogP contribution in [0.3, 0.4) is 0 Å². The number of carbonyl (C=O) groups excluding carboxylic acids is 1. The number of urea groups is 1. The van der Waals surface area contributed by atoms with Crippen LogP contribution in [0.1, 0.15) is 0 Å². The van der Waals surface area contributed by atoms with Gasteiger partial charge in [-0.1, -0.05) is 11.2 Å². The number of hydrogen-bond donors (Lipinski definition) is 2. The fourth-order valence-corrected chi connectivity index (χ4v) is 1.26. The Balaban J connectivity index is 1.98. The van der Waals surface area contributed by atoms with Gasteiger partial charge in [-0.15, -0.1) is 0 Å². The normalized spacial score (nSPS) is 9.71. The van der Waals surface area contributed by atoms with Crippen LogP contribution < -0.4 is 15.4 Å². The standard InChI is InChI=1S/C11H11N3O3/c1-16-9-4-2-3-8(7-9)12-11(15)13-10-5-6-17-14-10/h2-7H,1H3,(H2,12,13,14,15). The SMILES string of the molecule is COc1cccc(NC(=O)Nc2ccon2)c1. The van der Waals surface area contributed by atoms with E-state index in [1.54, 1.807) is 37.4 Å². The second-order valence-corrected chi connectivity index (χ2v) is 3.20. The van der Waals surface area contributed by atoms with Crippen molar-refractivity contribution in [3.8, 4) is 5.75 Å². The van der Waals surface area contributed by atoms with E-state index in [0.717, 1.165) is 0 Å². The summed E-state index contributed by atoms with van der Waals surface area (Å²) in [6.07, 6.45) is 1.38. The molecule has 6 heteroatoms. The molecule has 0 aliphatic carbocycles. The van der Waals surface area contributed by atoms with Crippen LogP contribution in [-0.2, 0) is 0 Å². The number of rotatable bonds is 3. The van der Waals surface area contributed by atoms with Gasteiger partial charge in [-0.05, 0) is 12.1 Å².